The van der Waals surface area contributed by atoms with Crippen LogP contribution < -0.4 is 4.74 Å². The van der Waals surface area contributed by atoms with Gasteiger partial charge in [-0.2, -0.15) is 0 Å². The number of carbonyl (C=O) groups excluding carboxylic acids is 1. The Kier molecular flexibility index (Phi) is 10.7. The number of likely N-dealkylation sites (tertiary alicyclic amines) is 2. The average molecular weight is 474 g/mol. The van der Waals surface area contributed by atoms with Crippen molar-refractivity contribution < 1.29 is 19.5 Å². The Morgan fingerprint density at radius 2 is 1.71 bits per heavy atom. The summed E-state index contributed by atoms with van der Waals surface area (Å²) in [6.07, 6.45) is 10.7. The van der Waals surface area contributed by atoms with Crippen LogP contribution in [0, 0.1) is 0 Å². The van der Waals surface area contributed by atoms with Crippen LogP contribution in [0.25, 0.3) is 0 Å². The second-order valence-electron chi connectivity index (χ2n) is 9.70. The molecule has 3 atom stereocenters. The minimum atomic E-state index is -0.282. The predicted octanol–water partition coefficient (Wildman–Crippen LogP) is 5.05. The number of ketones is 1. The number of oxime groups is 1. The minimum Gasteiger partial charge on any atom is -0.497 e. The molecule has 2 aliphatic heterocycles. The molecule has 1 aromatic carbocycles. The maximum atomic E-state index is 13.3. The normalized spacial score (nSPS) is 24.7. The van der Waals surface area contributed by atoms with Gasteiger partial charge < -0.3 is 14.7 Å². The van der Waals surface area contributed by atoms with E-state index in [0.29, 0.717) is 30.7 Å². The molecule has 7 heteroatoms. The second-order valence-corrected chi connectivity index (χ2v) is 9.70. The summed E-state index contributed by atoms with van der Waals surface area (Å²) in [4.78, 5) is 17.9. The van der Waals surface area contributed by atoms with Crippen molar-refractivity contribution in [3.8, 4) is 5.75 Å². The van der Waals surface area contributed by atoms with Crippen molar-refractivity contribution in [2.45, 2.75) is 96.4 Å². The highest BCUT2D eigenvalue weighted by molar-refractivity contribution is 5.94. The molecule has 190 valence electrons. The van der Waals surface area contributed by atoms with E-state index in [4.69, 9.17) is 9.47 Å². The lowest BCUT2D eigenvalue weighted by Crippen LogP contribution is -2.52. The lowest BCUT2D eigenvalue weighted by molar-refractivity contribution is -0.128. The van der Waals surface area contributed by atoms with E-state index in [0.717, 1.165) is 50.8 Å². The molecule has 0 bridgehead atoms. The van der Waals surface area contributed by atoms with Crippen LogP contribution in [0.4, 0.5) is 0 Å². The number of hydrogen-bond acceptors (Lipinski definition) is 7. The summed E-state index contributed by atoms with van der Waals surface area (Å²) in [5, 5.41) is 13.2. The third-order valence-corrected chi connectivity index (χ3v) is 7.23. The van der Waals surface area contributed by atoms with Gasteiger partial charge in [-0.25, -0.2) is 0 Å². The van der Waals surface area contributed by atoms with E-state index in [-0.39, 0.29) is 17.9 Å². The summed E-state index contributed by atoms with van der Waals surface area (Å²) in [7, 11) is 1.62. The molecule has 0 saturated carbocycles. The van der Waals surface area contributed by atoms with Crippen LogP contribution in [0.2, 0.25) is 0 Å². The maximum Gasteiger partial charge on any atom is 0.258 e. The number of carbonyl (C=O) groups is 1. The van der Waals surface area contributed by atoms with Gasteiger partial charge in [0.1, 0.15) is 5.75 Å². The summed E-state index contributed by atoms with van der Waals surface area (Å²) >= 11 is 0. The standard InChI is InChI=1S/C27H43N3O4/c1-4-9-22-11-6-7-18-29(22)19-24(31)20-30-23(10-5-2)12-8-13-26(30)34-27(28-32)21-14-16-25(33-3)17-15-21/h14-17,22-23,26,32H,4-13,18-20H2,1-3H3. The van der Waals surface area contributed by atoms with E-state index in [1.165, 1.54) is 25.7 Å². The van der Waals surface area contributed by atoms with Crippen molar-refractivity contribution in [2.24, 2.45) is 5.16 Å². The third kappa shape index (κ3) is 7.19. The highest BCUT2D eigenvalue weighted by Gasteiger charge is 2.34. The number of ether oxygens (including phenoxy) is 2. The monoisotopic (exact) mass is 473 g/mol. The molecule has 2 fully saturated rings. The summed E-state index contributed by atoms with van der Waals surface area (Å²) in [5.41, 5.74) is 0.683. The fourth-order valence-corrected chi connectivity index (χ4v) is 5.52. The van der Waals surface area contributed by atoms with Crippen LogP contribution in [-0.2, 0) is 9.53 Å². The number of piperidine rings is 2. The fraction of sp³-hybridized carbons (Fsp3) is 0.704. The van der Waals surface area contributed by atoms with Crippen molar-refractivity contribution in [2.75, 3.05) is 26.7 Å². The molecule has 34 heavy (non-hydrogen) atoms. The van der Waals surface area contributed by atoms with Gasteiger partial charge in [-0.3, -0.25) is 14.6 Å². The van der Waals surface area contributed by atoms with Crippen LogP contribution in [0.3, 0.4) is 0 Å². The zero-order valence-electron chi connectivity index (χ0n) is 21.2. The van der Waals surface area contributed by atoms with Crippen LogP contribution in [0.5, 0.6) is 5.75 Å². The molecule has 0 radical (unpaired) electrons. The van der Waals surface area contributed by atoms with Gasteiger partial charge in [0.15, 0.2) is 12.0 Å². The zero-order chi connectivity index (χ0) is 24.3. The highest BCUT2D eigenvalue weighted by atomic mass is 16.5. The van der Waals surface area contributed by atoms with Gasteiger partial charge in [0.05, 0.1) is 20.2 Å². The number of hydrogen-bond donors (Lipinski definition) is 1. The fourth-order valence-electron chi connectivity index (χ4n) is 5.52. The van der Waals surface area contributed by atoms with Crippen molar-refractivity contribution in [1.82, 2.24) is 9.80 Å². The molecule has 1 N–H and O–H groups in total. The van der Waals surface area contributed by atoms with E-state index < -0.39 is 0 Å². The Hall–Kier alpha value is -2.12. The third-order valence-electron chi connectivity index (χ3n) is 7.23. The number of methoxy groups -OCH3 is 1. The summed E-state index contributed by atoms with van der Waals surface area (Å²) in [6, 6.07) is 8.11. The van der Waals surface area contributed by atoms with E-state index in [2.05, 4.69) is 28.8 Å². The van der Waals surface area contributed by atoms with Crippen LogP contribution >= 0.6 is 0 Å². The van der Waals surface area contributed by atoms with Gasteiger partial charge in [-0.15, -0.1) is 0 Å². The molecule has 7 nitrogen and oxygen atoms in total. The maximum absolute atomic E-state index is 13.3. The molecule has 0 amide bonds. The minimum absolute atomic E-state index is 0.182. The molecule has 3 unspecified atom stereocenters. The molecule has 2 saturated heterocycles. The lowest BCUT2D eigenvalue weighted by Gasteiger charge is -2.42. The Morgan fingerprint density at radius 3 is 2.38 bits per heavy atom. The van der Waals surface area contributed by atoms with E-state index in [1.807, 2.05) is 24.3 Å². The van der Waals surface area contributed by atoms with Crippen LogP contribution in [0.15, 0.2) is 29.4 Å². The average Bonchev–Trinajstić information content (AvgIpc) is 2.86. The first-order chi connectivity index (χ1) is 16.6. The second kappa shape index (κ2) is 13.7. The molecule has 1 aromatic rings. The Balaban J connectivity index is 1.70. The van der Waals surface area contributed by atoms with E-state index in [1.54, 1.807) is 7.11 Å². The zero-order valence-corrected chi connectivity index (χ0v) is 21.2. The lowest BCUT2D eigenvalue weighted by atomic mass is 9.96. The SMILES string of the molecule is CCCC1CCCCN1CC(=O)CN1C(CCC)CCCC1OC(=NO)c1ccc(OC)cc1. The largest absolute Gasteiger partial charge is 0.497 e. The first-order valence-corrected chi connectivity index (χ1v) is 13.1. The predicted molar refractivity (Wildman–Crippen MR) is 135 cm³/mol. The number of Topliss-reactive ketones (excluding diaryl/α,β-unsaturated/α-hetero) is 1. The van der Waals surface area contributed by atoms with Crippen molar-refractivity contribution in [3.05, 3.63) is 29.8 Å². The van der Waals surface area contributed by atoms with E-state index in [9.17, 15) is 10.0 Å². The smallest absolute Gasteiger partial charge is 0.258 e. The molecular weight excluding hydrogens is 430 g/mol. The number of rotatable bonds is 11. The summed E-state index contributed by atoms with van der Waals surface area (Å²) in [6.45, 7) is 6.33. The molecule has 0 aliphatic carbocycles. The van der Waals surface area contributed by atoms with Gasteiger partial charge in [0, 0.05) is 17.6 Å². The molecule has 3 rings (SSSR count). The molecule has 2 aliphatic rings. The van der Waals surface area contributed by atoms with Gasteiger partial charge >= 0.3 is 0 Å². The molecule has 0 aromatic heterocycles. The Labute approximate surface area is 205 Å². The number of nitrogens with zero attached hydrogens (tertiary/aromatic N) is 3. The van der Waals surface area contributed by atoms with Crippen molar-refractivity contribution in [1.29, 1.82) is 0 Å². The molecule has 2 heterocycles. The Morgan fingerprint density at radius 1 is 1.00 bits per heavy atom. The quantitative estimate of drug-likeness (QED) is 0.210. The van der Waals surface area contributed by atoms with Crippen molar-refractivity contribution >= 4 is 11.7 Å². The molecular formula is C27H43N3O4. The number of benzene rings is 1. The summed E-state index contributed by atoms with van der Waals surface area (Å²) in [5.74, 6) is 1.17. The first kappa shape index (κ1) is 26.5. The van der Waals surface area contributed by atoms with Gasteiger partial charge in [-0.05, 0) is 80.9 Å². The van der Waals surface area contributed by atoms with Crippen LogP contribution in [-0.4, -0.2) is 71.7 Å². The topological polar surface area (TPSA) is 74.6 Å². The first-order valence-electron chi connectivity index (χ1n) is 13.1. The van der Waals surface area contributed by atoms with Crippen molar-refractivity contribution in [3.63, 3.8) is 0 Å². The van der Waals surface area contributed by atoms with E-state index >= 15 is 0 Å². The highest BCUT2D eigenvalue weighted by Crippen LogP contribution is 2.28. The van der Waals surface area contributed by atoms with Gasteiger partial charge in [0.2, 0.25) is 0 Å². The molecule has 0 spiro atoms. The van der Waals surface area contributed by atoms with Gasteiger partial charge in [0.25, 0.3) is 5.90 Å². The summed E-state index contributed by atoms with van der Waals surface area (Å²) < 4.78 is 11.5. The van der Waals surface area contributed by atoms with Crippen LogP contribution in [0.1, 0.15) is 83.6 Å². The van der Waals surface area contributed by atoms with Gasteiger partial charge in [-0.1, -0.05) is 33.1 Å². The Bertz CT molecular complexity index is 779.